The number of carbonyl (C=O) groups is 1. The molecule has 0 bridgehead atoms. The van der Waals surface area contributed by atoms with E-state index in [1.807, 2.05) is 92.0 Å². The fourth-order valence-corrected chi connectivity index (χ4v) is 5.63. The maximum Gasteiger partial charge on any atom is 0.264 e. The van der Waals surface area contributed by atoms with Crippen molar-refractivity contribution in [2.75, 3.05) is 18.6 Å². The molecule has 0 saturated heterocycles. The molecular formula is C32H33IN4O4. The maximum absolute atomic E-state index is 13.8. The summed E-state index contributed by atoms with van der Waals surface area (Å²) in [5, 5.41) is 30.4. The number of hydrogen-bond donors (Lipinski definition) is 2. The lowest BCUT2D eigenvalue weighted by molar-refractivity contribution is -0.139. The smallest absolute Gasteiger partial charge is 0.264 e. The second-order valence-corrected chi connectivity index (χ2v) is 11.5. The largest absolute Gasteiger partial charge is 0.497 e. The van der Waals surface area contributed by atoms with Gasteiger partial charge in [0.1, 0.15) is 5.75 Å². The van der Waals surface area contributed by atoms with Crippen molar-refractivity contribution < 1.29 is 19.7 Å². The first kappa shape index (κ1) is 29.0. The van der Waals surface area contributed by atoms with Gasteiger partial charge in [-0.25, -0.2) is 0 Å². The van der Waals surface area contributed by atoms with Crippen LogP contribution < -0.4 is 9.64 Å². The Morgan fingerprint density at radius 3 is 2.56 bits per heavy atom. The zero-order chi connectivity index (χ0) is 29.0. The number of allylic oxidation sites excluding steroid dienone is 1. The van der Waals surface area contributed by atoms with Crippen molar-refractivity contribution in [2.24, 2.45) is 5.92 Å². The number of rotatable bonds is 11. The average molecular weight is 665 g/mol. The molecule has 4 aromatic rings. The minimum atomic E-state index is -1.73. The van der Waals surface area contributed by atoms with Gasteiger partial charge >= 0.3 is 0 Å². The van der Waals surface area contributed by atoms with Crippen molar-refractivity contribution in [1.29, 1.82) is 0 Å². The van der Waals surface area contributed by atoms with E-state index >= 15 is 0 Å². The van der Waals surface area contributed by atoms with E-state index in [2.05, 4.69) is 32.9 Å². The van der Waals surface area contributed by atoms with Crippen molar-refractivity contribution in [1.82, 2.24) is 15.0 Å². The van der Waals surface area contributed by atoms with Gasteiger partial charge in [0.05, 0.1) is 37.6 Å². The van der Waals surface area contributed by atoms with E-state index in [0.29, 0.717) is 42.2 Å². The number of carbonyl (C=O) groups excluding carboxylic acids is 1. The third-order valence-electron chi connectivity index (χ3n) is 7.64. The molecule has 0 saturated carbocycles. The number of aliphatic hydroxyl groups excluding tert-OH is 1. The molecule has 0 fully saturated rings. The number of nitrogens with zero attached hydrogens (tertiary/aromatic N) is 4. The lowest BCUT2D eigenvalue weighted by Crippen LogP contribution is -2.44. The van der Waals surface area contributed by atoms with Crippen molar-refractivity contribution in [3.05, 3.63) is 117 Å². The number of hydrogen-bond acceptors (Lipinski definition) is 6. The molecule has 0 aliphatic carbocycles. The first-order chi connectivity index (χ1) is 19.8. The summed E-state index contributed by atoms with van der Waals surface area (Å²) >= 11 is 2.25. The van der Waals surface area contributed by atoms with E-state index in [1.165, 1.54) is 0 Å². The molecule has 2 heterocycles. The number of fused-ring (bicyclic) bond motifs is 1. The summed E-state index contributed by atoms with van der Waals surface area (Å²) in [6, 6.07) is 23.2. The number of ether oxygens (including phenoxy) is 1. The number of aliphatic hydroxyl groups is 2. The molecule has 1 aliphatic rings. The van der Waals surface area contributed by atoms with Crippen LogP contribution in [0.4, 0.5) is 5.69 Å². The van der Waals surface area contributed by atoms with Gasteiger partial charge in [-0.2, -0.15) is 0 Å². The van der Waals surface area contributed by atoms with Gasteiger partial charge in [-0.3, -0.25) is 9.48 Å². The predicted molar refractivity (Wildman–Crippen MR) is 166 cm³/mol. The highest BCUT2D eigenvalue weighted by Gasteiger charge is 2.52. The Morgan fingerprint density at radius 2 is 1.85 bits per heavy atom. The summed E-state index contributed by atoms with van der Waals surface area (Å²) in [5.74, 6) is -0.498. The number of halogens is 1. The van der Waals surface area contributed by atoms with E-state index in [4.69, 9.17) is 4.74 Å². The lowest BCUT2D eigenvalue weighted by Gasteiger charge is -2.27. The van der Waals surface area contributed by atoms with Crippen molar-refractivity contribution >= 4 is 34.2 Å². The SMILES string of the molecule is COc1ccc2c(c1)[C@](O)([C@@H](C)/C=C/CCn1cc(C(CO)c3ccccc3)nn1)C(=O)N2Cc1ccc(I)cc1. The molecule has 1 aromatic heterocycles. The molecule has 3 atom stereocenters. The fourth-order valence-electron chi connectivity index (χ4n) is 5.27. The summed E-state index contributed by atoms with van der Waals surface area (Å²) < 4.78 is 8.29. The summed E-state index contributed by atoms with van der Waals surface area (Å²) in [7, 11) is 1.57. The second-order valence-electron chi connectivity index (χ2n) is 10.2. The average Bonchev–Trinajstić information content (AvgIpc) is 3.54. The summed E-state index contributed by atoms with van der Waals surface area (Å²) in [6.45, 7) is 2.73. The van der Waals surface area contributed by atoms with Gasteiger partial charge in [-0.15, -0.1) is 5.10 Å². The van der Waals surface area contributed by atoms with Crippen molar-refractivity contribution in [3.63, 3.8) is 0 Å². The number of amides is 1. The highest BCUT2D eigenvalue weighted by atomic mass is 127. The van der Waals surface area contributed by atoms with E-state index < -0.39 is 11.5 Å². The Morgan fingerprint density at radius 1 is 1.10 bits per heavy atom. The molecule has 1 amide bonds. The highest BCUT2D eigenvalue weighted by Crippen LogP contribution is 2.47. The molecule has 1 unspecified atom stereocenters. The molecule has 41 heavy (non-hydrogen) atoms. The molecule has 0 spiro atoms. The number of aromatic nitrogens is 3. The van der Waals surface area contributed by atoms with Crippen LogP contribution in [0.2, 0.25) is 0 Å². The van der Waals surface area contributed by atoms with Crippen LogP contribution in [0.3, 0.4) is 0 Å². The molecule has 8 nitrogen and oxygen atoms in total. The topological polar surface area (TPSA) is 101 Å². The number of benzene rings is 3. The molecule has 1 aliphatic heterocycles. The Kier molecular flexibility index (Phi) is 8.86. The van der Waals surface area contributed by atoms with E-state index in [1.54, 1.807) is 22.8 Å². The minimum absolute atomic E-state index is 0.0560. The summed E-state index contributed by atoms with van der Waals surface area (Å²) in [5.41, 5.74) is 2.17. The standard InChI is InChI=1S/C32H33IN4O4/c1-22(8-6-7-17-36-20-29(34-35-36)27(21-38)24-9-4-3-5-10-24)32(40)28-18-26(41-2)15-16-30(28)37(31(32)39)19-23-11-13-25(33)14-12-23/h3-6,8-16,18,20,22,27,38,40H,7,17,19,21H2,1-2H3/b8-6+/t22-,27?,32+/m0/s1. The molecule has 3 aromatic carbocycles. The van der Waals surface area contributed by atoms with Crippen molar-refractivity contribution in [2.45, 2.75) is 38.0 Å². The van der Waals surface area contributed by atoms with Crippen LogP contribution in [-0.2, 0) is 23.5 Å². The van der Waals surface area contributed by atoms with Gasteiger partial charge in [-0.05, 0) is 70.5 Å². The number of aryl methyl sites for hydroxylation is 1. The fraction of sp³-hybridized carbons (Fsp3) is 0.281. The Bertz CT molecular complexity index is 1520. The van der Waals surface area contributed by atoms with E-state index in [0.717, 1.165) is 14.7 Å². The molecule has 212 valence electrons. The third-order valence-corrected chi connectivity index (χ3v) is 8.36. The Balaban J connectivity index is 1.30. The van der Waals surface area contributed by atoms with Crippen LogP contribution in [0.25, 0.3) is 0 Å². The molecule has 0 radical (unpaired) electrons. The zero-order valence-electron chi connectivity index (χ0n) is 23.0. The normalized spacial score (nSPS) is 18.1. The second kappa shape index (κ2) is 12.5. The van der Waals surface area contributed by atoms with Crippen LogP contribution in [0.5, 0.6) is 5.75 Å². The van der Waals surface area contributed by atoms with Gasteiger partial charge < -0.3 is 19.8 Å². The summed E-state index contributed by atoms with van der Waals surface area (Å²) in [4.78, 5) is 15.5. The van der Waals surface area contributed by atoms with Crippen LogP contribution in [0.15, 0.2) is 91.1 Å². The van der Waals surface area contributed by atoms with Crippen molar-refractivity contribution in [3.8, 4) is 5.75 Å². The monoisotopic (exact) mass is 664 g/mol. The van der Waals surface area contributed by atoms with Gasteiger partial charge in [0, 0.05) is 27.8 Å². The van der Waals surface area contributed by atoms with E-state index in [9.17, 15) is 15.0 Å². The molecule has 9 heteroatoms. The number of anilines is 1. The maximum atomic E-state index is 13.8. The number of methoxy groups -OCH3 is 1. The molecule has 2 N–H and O–H groups in total. The first-order valence-corrected chi connectivity index (χ1v) is 14.6. The Labute approximate surface area is 253 Å². The van der Waals surface area contributed by atoms with Crippen LogP contribution in [0.1, 0.15) is 41.6 Å². The van der Waals surface area contributed by atoms with Gasteiger partial charge in [0.25, 0.3) is 5.91 Å². The minimum Gasteiger partial charge on any atom is -0.497 e. The predicted octanol–water partition coefficient (Wildman–Crippen LogP) is 5.03. The summed E-state index contributed by atoms with van der Waals surface area (Å²) in [6.07, 6.45) is 6.32. The van der Waals surface area contributed by atoms with E-state index in [-0.39, 0.29) is 18.4 Å². The molecular weight excluding hydrogens is 631 g/mol. The quantitative estimate of drug-likeness (QED) is 0.172. The van der Waals surface area contributed by atoms with Gasteiger partial charge in [0.15, 0.2) is 5.60 Å². The van der Waals surface area contributed by atoms with Crippen LogP contribution in [0, 0.1) is 9.49 Å². The lowest BCUT2D eigenvalue weighted by atomic mass is 9.83. The third kappa shape index (κ3) is 5.93. The van der Waals surface area contributed by atoms with Crippen LogP contribution >= 0.6 is 22.6 Å². The van der Waals surface area contributed by atoms with Gasteiger partial charge in [0.2, 0.25) is 0 Å². The zero-order valence-corrected chi connectivity index (χ0v) is 25.2. The first-order valence-electron chi connectivity index (χ1n) is 13.5. The van der Waals surface area contributed by atoms with Crippen LogP contribution in [-0.4, -0.2) is 44.8 Å². The molecule has 5 rings (SSSR count). The highest BCUT2D eigenvalue weighted by molar-refractivity contribution is 14.1. The van der Waals surface area contributed by atoms with Gasteiger partial charge in [-0.1, -0.05) is 66.8 Å². The Hall–Kier alpha value is -3.54.